The highest BCUT2D eigenvalue weighted by Crippen LogP contribution is 2.36. The molecule has 0 radical (unpaired) electrons. The quantitative estimate of drug-likeness (QED) is 0.358. The molecule has 0 fully saturated rings. The molecule has 4 aromatic rings. The van der Waals surface area contributed by atoms with Gasteiger partial charge in [0, 0.05) is 16.6 Å². The first-order valence-electron chi connectivity index (χ1n) is 10.7. The molecule has 0 saturated carbocycles. The van der Waals surface area contributed by atoms with E-state index < -0.39 is 10.0 Å². The zero-order valence-electron chi connectivity index (χ0n) is 19.4. The summed E-state index contributed by atoms with van der Waals surface area (Å²) in [6, 6.07) is 21.2. The summed E-state index contributed by atoms with van der Waals surface area (Å²) in [6.07, 6.45) is 2.51. The fourth-order valence-electron chi connectivity index (χ4n) is 3.78. The fourth-order valence-corrected chi connectivity index (χ4v) is 4.39. The van der Waals surface area contributed by atoms with Crippen LogP contribution in [-0.2, 0) is 22.0 Å². The lowest BCUT2D eigenvalue weighted by atomic mass is 9.77. The third kappa shape index (κ3) is 5.70. The maximum atomic E-state index is 11.4. The first-order chi connectivity index (χ1) is 16.5. The molecule has 0 aliphatic rings. The van der Waals surface area contributed by atoms with Gasteiger partial charge in [-0.3, -0.25) is 4.72 Å². The van der Waals surface area contributed by atoms with Crippen LogP contribution in [0.5, 0.6) is 5.75 Å². The van der Waals surface area contributed by atoms with Gasteiger partial charge in [-0.15, -0.1) is 0 Å². The number of fused-ring (bicyclic) bond motifs is 1. The third-order valence-corrected chi connectivity index (χ3v) is 6.50. The number of nitriles is 1. The van der Waals surface area contributed by atoms with E-state index in [2.05, 4.69) is 40.7 Å². The molecule has 0 atom stereocenters. The van der Waals surface area contributed by atoms with Crippen LogP contribution in [-0.4, -0.2) is 24.6 Å². The fraction of sp³-hybridized carbons (Fsp3) is 0.192. The SMILES string of the molecule is CC(C)(c1ccc(OCc2ccnc(NS(C)(=O)=O)n2)cc1)c1cc(C#N)c2ccc(Cl)cc2c1. The standard InChI is InChI=1S/C26H23ClN4O3S/c1-26(2,20-12-17-14-21(27)6-9-24(17)18(13-20)15-28)19-4-7-23(8-5-19)34-16-22-10-11-29-25(30-22)31-35(3,32)33/h4-14H,16H2,1-3H3,(H,29,30,31). The molecule has 9 heteroatoms. The minimum atomic E-state index is -3.46. The molecule has 0 amide bonds. The van der Waals surface area contributed by atoms with E-state index in [4.69, 9.17) is 16.3 Å². The van der Waals surface area contributed by atoms with Crippen LogP contribution in [0.4, 0.5) is 5.95 Å². The van der Waals surface area contributed by atoms with E-state index in [-0.39, 0.29) is 18.0 Å². The molecule has 0 aliphatic heterocycles. The van der Waals surface area contributed by atoms with Crippen LogP contribution in [0, 0.1) is 11.3 Å². The number of nitrogens with zero attached hydrogens (tertiary/aromatic N) is 3. The lowest BCUT2D eigenvalue weighted by Gasteiger charge is -2.27. The molecule has 7 nitrogen and oxygen atoms in total. The Bertz CT molecular complexity index is 1550. The zero-order chi connectivity index (χ0) is 25.2. The van der Waals surface area contributed by atoms with Crippen molar-refractivity contribution in [3.8, 4) is 11.8 Å². The van der Waals surface area contributed by atoms with Crippen LogP contribution in [0.1, 0.15) is 36.2 Å². The summed E-state index contributed by atoms with van der Waals surface area (Å²) >= 11 is 6.19. The van der Waals surface area contributed by atoms with Gasteiger partial charge >= 0.3 is 0 Å². The summed E-state index contributed by atoms with van der Waals surface area (Å²) in [5.41, 5.74) is 2.83. The smallest absolute Gasteiger partial charge is 0.236 e. The van der Waals surface area contributed by atoms with Crippen LogP contribution < -0.4 is 9.46 Å². The largest absolute Gasteiger partial charge is 0.487 e. The van der Waals surface area contributed by atoms with E-state index in [1.807, 2.05) is 42.5 Å². The van der Waals surface area contributed by atoms with Gasteiger partial charge in [-0.1, -0.05) is 49.7 Å². The monoisotopic (exact) mass is 506 g/mol. The Morgan fingerprint density at radius 1 is 1.06 bits per heavy atom. The molecule has 178 valence electrons. The minimum Gasteiger partial charge on any atom is -0.487 e. The van der Waals surface area contributed by atoms with Crippen LogP contribution >= 0.6 is 11.6 Å². The first-order valence-corrected chi connectivity index (χ1v) is 13.0. The van der Waals surface area contributed by atoms with E-state index in [9.17, 15) is 13.7 Å². The molecular formula is C26H23ClN4O3S. The van der Waals surface area contributed by atoms with Crippen LogP contribution in [0.2, 0.25) is 5.02 Å². The molecule has 3 aromatic carbocycles. The highest BCUT2D eigenvalue weighted by atomic mass is 35.5. The second kappa shape index (κ2) is 9.53. The Labute approximate surface area is 209 Å². The second-order valence-corrected chi connectivity index (χ2v) is 10.9. The van der Waals surface area contributed by atoms with Gasteiger partial charge in [0.1, 0.15) is 12.4 Å². The van der Waals surface area contributed by atoms with Gasteiger partial charge in [0.15, 0.2) is 0 Å². The van der Waals surface area contributed by atoms with Crippen molar-refractivity contribution in [1.82, 2.24) is 9.97 Å². The molecule has 1 heterocycles. The number of anilines is 1. The summed E-state index contributed by atoms with van der Waals surface area (Å²) in [6.45, 7) is 4.36. The van der Waals surface area contributed by atoms with Crippen LogP contribution in [0.3, 0.4) is 0 Å². The first kappa shape index (κ1) is 24.5. The molecule has 4 rings (SSSR count). The molecule has 1 N–H and O–H groups in total. The van der Waals surface area contributed by atoms with Crippen LogP contribution in [0.25, 0.3) is 10.8 Å². The highest BCUT2D eigenvalue weighted by Gasteiger charge is 2.24. The summed E-state index contributed by atoms with van der Waals surface area (Å²) in [5, 5.41) is 12.1. The Kier molecular flexibility index (Phi) is 6.66. The number of sulfonamides is 1. The van der Waals surface area contributed by atoms with Gasteiger partial charge in [-0.25, -0.2) is 18.4 Å². The van der Waals surface area contributed by atoms with Crippen LogP contribution in [0.15, 0.2) is 66.9 Å². The number of benzene rings is 3. The number of rotatable bonds is 7. The lowest BCUT2D eigenvalue weighted by Crippen LogP contribution is -2.19. The van der Waals surface area contributed by atoms with E-state index in [0.29, 0.717) is 22.0 Å². The number of nitrogens with one attached hydrogen (secondary N) is 1. The molecule has 0 spiro atoms. The molecule has 35 heavy (non-hydrogen) atoms. The molecule has 0 aliphatic carbocycles. The van der Waals surface area contributed by atoms with Crippen molar-refractivity contribution in [2.75, 3.05) is 11.0 Å². The molecule has 0 saturated heterocycles. The van der Waals surface area contributed by atoms with E-state index in [1.165, 1.54) is 6.20 Å². The summed E-state index contributed by atoms with van der Waals surface area (Å²) in [4.78, 5) is 8.05. The van der Waals surface area contributed by atoms with Crippen molar-refractivity contribution in [2.45, 2.75) is 25.9 Å². The Hall–Kier alpha value is -3.67. The van der Waals surface area contributed by atoms with Gasteiger partial charge in [-0.05, 0) is 58.3 Å². The van der Waals surface area contributed by atoms with E-state index in [0.717, 1.165) is 28.2 Å². The van der Waals surface area contributed by atoms with E-state index >= 15 is 0 Å². The minimum absolute atomic E-state index is 0.000826. The Balaban J connectivity index is 1.54. The number of halogens is 1. The summed E-state index contributed by atoms with van der Waals surface area (Å²) < 4.78 is 30.8. The van der Waals surface area contributed by atoms with Gasteiger partial charge in [-0.2, -0.15) is 5.26 Å². The summed E-state index contributed by atoms with van der Waals surface area (Å²) in [5.74, 6) is 0.642. The second-order valence-electron chi connectivity index (χ2n) is 8.68. The predicted octanol–water partition coefficient (Wildman–Crippen LogP) is 5.43. The van der Waals surface area contributed by atoms with E-state index in [1.54, 1.807) is 12.1 Å². The van der Waals surface area contributed by atoms with Gasteiger partial charge in [0.05, 0.1) is 23.6 Å². The number of hydrogen-bond acceptors (Lipinski definition) is 6. The topological polar surface area (TPSA) is 105 Å². The summed E-state index contributed by atoms with van der Waals surface area (Å²) in [7, 11) is -3.46. The molecule has 1 aromatic heterocycles. The van der Waals surface area contributed by atoms with Crippen molar-refractivity contribution in [3.63, 3.8) is 0 Å². The average Bonchev–Trinajstić information content (AvgIpc) is 2.81. The number of aromatic nitrogens is 2. The molecule has 0 unspecified atom stereocenters. The normalized spacial score (nSPS) is 11.7. The third-order valence-electron chi connectivity index (χ3n) is 5.71. The zero-order valence-corrected chi connectivity index (χ0v) is 21.0. The number of hydrogen-bond donors (Lipinski definition) is 1. The van der Waals surface area contributed by atoms with Crippen molar-refractivity contribution < 1.29 is 13.2 Å². The number of ether oxygens (including phenoxy) is 1. The average molecular weight is 507 g/mol. The van der Waals surface area contributed by atoms with Crippen molar-refractivity contribution in [3.05, 3.63) is 94.3 Å². The van der Waals surface area contributed by atoms with Gasteiger partial charge in [0.25, 0.3) is 0 Å². The Morgan fingerprint density at radius 2 is 1.80 bits per heavy atom. The molecular weight excluding hydrogens is 484 g/mol. The van der Waals surface area contributed by atoms with Gasteiger partial charge < -0.3 is 4.74 Å². The maximum absolute atomic E-state index is 11.4. The molecule has 0 bridgehead atoms. The maximum Gasteiger partial charge on any atom is 0.236 e. The Morgan fingerprint density at radius 3 is 2.49 bits per heavy atom. The lowest BCUT2D eigenvalue weighted by molar-refractivity contribution is 0.301. The van der Waals surface area contributed by atoms with Crippen molar-refractivity contribution in [2.24, 2.45) is 0 Å². The van der Waals surface area contributed by atoms with Crippen molar-refractivity contribution in [1.29, 1.82) is 5.26 Å². The van der Waals surface area contributed by atoms with Gasteiger partial charge in [0.2, 0.25) is 16.0 Å². The van der Waals surface area contributed by atoms with Crippen molar-refractivity contribution >= 4 is 38.3 Å². The predicted molar refractivity (Wildman–Crippen MR) is 137 cm³/mol. The highest BCUT2D eigenvalue weighted by molar-refractivity contribution is 7.91.